The average Bonchev–Trinajstić information content (AvgIpc) is 2.89. The van der Waals surface area contributed by atoms with Gasteiger partial charge in [-0.3, -0.25) is 4.90 Å². The Hall–Kier alpha value is -1.77. The molecule has 6 nitrogen and oxygen atoms in total. The Labute approximate surface area is 140 Å². The van der Waals surface area contributed by atoms with Gasteiger partial charge in [0.15, 0.2) is 5.76 Å². The van der Waals surface area contributed by atoms with Gasteiger partial charge in [0.2, 0.25) is 10.0 Å². The van der Waals surface area contributed by atoms with E-state index >= 15 is 0 Å². The summed E-state index contributed by atoms with van der Waals surface area (Å²) in [7, 11) is -3.58. The number of nitrogens with zero attached hydrogens (tertiary/aromatic N) is 3. The van der Waals surface area contributed by atoms with Gasteiger partial charge in [0, 0.05) is 32.7 Å². The third-order valence-electron chi connectivity index (χ3n) is 4.22. The van der Waals surface area contributed by atoms with Gasteiger partial charge in [-0.1, -0.05) is 17.3 Å². The standard InChI is InChI=1S/C16H20FN3O3S/c1-12-16(13(2)23-18-12)24(21,22)20-9-7-19(8-10-20)11-14-3-5-15(17)6-4-14/h3-6H,7-11H2,1-2H3. The number of aryl methyl sites for hydroxylation is 2. The number of hydrogen-bond donors (Lipinski definition) is 0. The minimum Gasteiger partial charge on any atom is -0.360 e. The Morgan fingerprint density at radius 2 is 1.75 bits per heavy atom. The van der Waals surface area contributed by atoms with Crippen LogP contribution in [0.4, 0.5) is 4.39 Å². The van der Waals surface area contributed by atoms with Crippen LogP contribution in [0.2, 0.25) is 0 Å². The Bertz CT molecular complexity index is 790. The van der Waals surface area contributed by atoms with Gasteiger partial charge in [0.1, 0.15) is 16.4 Å². The van der Waals surface area contributed by atoms with Crippen LogP contribution < -0.4 is 0 Å². The summed E-state index contributed by atoms with van der Waals surface area (Å²) < 4.78 is 44.9. The SMILES string of the molecule is Cc1noc(C)c1S(=O)(=O)N1CCN(Cc2ccc(F)cc2)CC1. The summed E-state index contributed by atoms with van der Waals surface area (Å²) in [5.74, 6) is 0.0652. The molecule has 2 aromatic rings. The predicted molar refractivity (Wildman–Crippen MR) is 86.4 cm³/mol. The van der Waals surface area contributed by atoms with Crippen LogP contribution in [-0.4, -0.2) is 49.0 Å². The smallest absolute Gasteiger partial charge is 0.248 e. The molecule has 1 aromatic heterocycles. The average molecular weight is 353 g/mol. The molecule has 0 aliphatic carbocycles. The Morgan fingerprint density at radius 3 is 2.29 bits per heavy atom. The van der Waals surface area contributed by atoms with E-state index in [-0.39, 0.29) is 10.7 Å². The fourth-order valence-electron chi connectivity index (χ4n) is 2.95. The van der Waals surface area contributed by atoms with Crippen LogP contribution in [0.15, 0.2) is 33.7 Å². The minimum atomic E-state index is -3.58. The molecule has 8 heteroatoms. The second-order valence-electron chi connectivity index (χ2n) is 5.96. The van der Waals surface area contributed by atoms with Crippen LogP contribution >= 0.6 is 0 Å². The first-order valence-corrected chi connectivity index (χ1v) is 9.22. The maximum Gasteiger partial charge on any atom is 0.248 e. The Kier molecular flexibility index (Phi) is 4.71. The summed E-state index contributed by atoms with van der Waals surface area (Å²) in [6.45, 7) is 5.99. The maximum absolute atomic E-state index is 12.9. The van der Waals surface area contributed by atoms with Gasteiger partial charge in [-0.05, 0) is 31.5 Å². The van der Waals surface area contributed by atoms with Crippen LogP contribution in [0.25, 0.3) is 0 Å². The van der Waals surface area contributed by atoms with Crippen LogP contribution in [0.1, 0.15) is 17.0 Å². The van der Waals surface area contributed by atoms with Gasteiger partial charge >= 0.3 is 0 Å². The molecule has 0 spiro atoms. The molecule has 130 valence electrons. The first kappa shape index (κ1) is 17.1. The highest BCUT2D eigenvalue weighted by Crippen LogP contribution is 2.24. The number of aromatic nitrogens is 1. The molecular weight excluding hydrogens is 333 g/mol. The van der Waals surface area contributed by atoms with Crippen molar-refractivity contribution in [2.75, 3.05) is 26.2 Å². The van der Waals surface area contributed by atoms with E-state index < -0.39 is 10.0 Å². The summed E-state index contributed by atoms with van der Waals surface area (Å²) in [4.78, 5) is 2.33. The van der Waals surface area contributed by atoms with Crippen molar-refractivity contribution in [1.82, 2.24) is 14.4 Å². The first-order chi connectivity index (χ1) is 11.4. The lowest BCUT2D eigenvalue weighted by Gasteiger charge is -2.33. The van der Waals surface area contributed by atoms with Crippen molar-refractivity contribution in [3.63, 3.8) is 0 Å². The summed E-state index contributed by atoms with van der Waals surface area (Å²) in [6, 6.07) is 6.38. The van der Waals surface area contributed by atoms with E-state index in [4.69, 9.17) is 4.52 Å². The van der Waals surface area contributed by atoms with E-state index in [1.165, 1.54) is 16.4 Å². The van der Waals surface area contributed by atoms with E-state index in [0.717, 1.165) is 5.56 Å². The quantitative estimate of drug-likeness (QED) is 0.840. The van der Waals surface area contributed by atoms with Crippen molar-refractivity contribution in [1.29, 1.82) is 0 Å². The molecule has 0 radical (unpaired) electrons. The molecule has 1 aromatic carbocycles. The number of piperazine rings is 1. The van der Waals surface area contributed by atoms with E-state index in [1.54, 1.807) is 26.0 Å². The van der Waals surface area contributed by atoms with Crippen molar-refractivity contribution in [2.24, 2.45) is 0 Å². The van der Waals surface area contributed by atoms with Crippen LogP contribution in [0.3, 0.4) is 0 Å². The minimum absolute atomic E-state index is 0.175. The lowest BCUT2D eigenvalue weighted by Crippen LogP contribution is -2.48. The maximum atomic E-state index is 12.9. The third kappa shape index (κ3) is 3.35. The molecule has 1 aliphatic heterocycles. The summed E-state index contributed by atoms with van der Waals surface area (Å²) in [6.07, 6.45) is 0. The van der Waals surface area contributed by atoms with Gasteiger partial charge in [0.05, 0.1) is 0 Å². The van der Waals surface area contributed by atoms with Gasteiger partial charge < -0.3 is 4.52 Å². The van der Waals surface area contributed by atoms with Crippen molar-refractivity contribution >= 4 is 10.0 Å². The molecule has 0 saturated carbocycles. The molecular formula is C16H20FN3O3S. The molecule has 0 bridgehead atoms. The molecule has 0 atom stereocenters. The number of hydrogen-bond acceptors (Lipinski definition) is 5. The molecule has 1 fully saturated rings. The fraction of sp³-hybridized carbons (Fsp3) is 0.438. The Balaban J connectivity index is 1.65. The second-order valence-corrected chi connectivity index (χ2v) is 7.83. The number of benzene rings is 1. The van der Waals surface area contributed by atoms with Crippen molar-refractivity contribution in [2.45, 2.75) is 25.3 Å². The predicted octanol–water partition coefficient (Wildman–Crippen LogP) is 1.94. The number of rotatable bonds is 4. The van der Waals surface area contributed by atoms with Gasteiger partial charge in [0.25, 0.3) is 0 Å². The highest BCUT2D eigenvalue weighted by Gasteiger charge is 2.33. The second kappa shape index (κ2) is 6.62. The molecule has 0 unspecified atom stereocenters. The third-order valence-corrected chi connectivity index (χ3v) is 6.36. The molecule has 1 saturated heterocycles. The molecule has 0 amide bonds. The van der Waals surface area contributed by atoms with Gasteiger partial charge in [-0.25, -0.2) is 12.8 Å². The summed E-state index contributed by atoms with van der Waals surface area (Å²) in [5, 5.41) is 3.73. The lowest BCUT2D eigenvalue weighted by molar-refractivity contribution is 0.181. The topological polar surface area (TPSA) is 66.7 Å². The van der Waals surface area contributed by atoms with E-state index in [9.17, 15) is 12.8 Å². The molecule has 2 heterocycles. The molecule has 24 heavy (non-hydrogen) atoms. The zero-order chi connectivity index (χ0) is 17.3. The summed E-state index contributed by atoms with van der Waals surface area (Å²) in [5.41, 5.74) is 1.40. The lowest BCUT2D eigenvalue weighted by atomic mass is 10.2. The van der Waals surface area contributed by atoms with Crippen LogP contribution in [0.5, 0.6) is 0 Å². The van der Waals surface area contributed by atoms with Gasteiger partial charge in [-0.15, -0.1) is 0 Å². The van der Waals surface area contributed by atoms with E-state index in [1.807, 2.05) is 0 Å². The zero-order valence-corrected chi connectivity index (χ0v) is 14.5. The van der Waals surface area contributed by atoms with Crippen molar-refractivity contribution in [3.05, 3.63) is 47.1 Å². The number of halogens is 1. The summed E-state index contributed by atoms with van der Waals surface area (Å²) >= 11 is 0. The molecule has 0 N–H and O–H groups in total. The molecule has 1 aliphatic rings. The fourth-order valence-corrected chi connectivity index (χ4v) is 4.66. The largest absolute Gasteiger partial charge is 0.360 e. The Morgan fingerprint density at radius 1 is 1.12 bits per heavy atom. The van der Waals surface area contributed by atoms with Crippen molar-refractivity contribution in [3.8, 4) is 0 Å². The first-order valence-electron chi connectivity index (χ1n) is 7.78. The highest BCUT2D eigenvalue weighted by molar-refractivity contribution is 7.89. The zero-order valence-electron chi connectivity index (χ0n) is 13.7. The number of sulfonamides is 1. The van der Waals surface area contributed by atoms with E-state index in [0.29, 0.717) is 44.2 Å². The van der Waals surface area contributed by atoms with Gasteiger partial charge in [-0.2, -0.15) is 4.31 Å². The van der Waals surface area contributed by atoms with Crippen LogP contribution in [-0.2, 0) is 16.6 Å². The highest BCUT2D eigenvalue weighted by atomic mass is 32.2. The normalized spacial score (nSPS) is 17.3. The monoisotopic (exact) mass is 353 g/mol. The molecule has 3 rings (SSSR count). The van der Waals surface area contributed by atoms with E-state index in [2.05, 4.69) is 10.1 Å². The van der Waals surface area contributed by atoms with Crippen LogP contribution in [0, 0.1) is 19.7 Å². The van der Waals surface area contributed by atoms with Crippen molar-refractivity contribution < 1.29 is 17.3 Å².